The standard InChI is InChI=1S/C25H39N7O5/c26-9-5-10-28-13-8-22(35)29-11-2-1-3-12-30-25(37)19(15-21(27)34)32-23(36)14-17-16-31-18-6-4-7-20(33)24(17)18/h4,6-7,16,19,28,31,33H,1-3,5,8-15,26H2,(H2,27,34)(H,29,35)(H,30,37)(H,32,36)/t19-/m0/s1. The lowest BCUT2D eigenvalue weighted by Crippen LogP contribution is -2.49. The van der Waals surface area contributed by atoms with Crippen LogP contribution in [0.25, 0.3) is 10.9 Å². The molecular formula is C25H39N7O5. The van der Waals surface area contributed by atoms with E-state index in [4.69, 9.17) is 11.5 Å². The van der Waals surface area contributed by atoms with Crippen molar-refractivity contribution in [2.24, 2.45) is 11.5 Å². The Kier molecular flexibility index (Phi) is 12.9. The van der Waals surface area contributed by atoms with Gasteiger partial charge in [-0.2, -0.15) is 0 Å². The zero-order valence-corrected chi connectivity index (χ0v) is 21.1. The molecule has 1 aromatic heterocycles. The van der Waals surface area contributed by atoms with Gasteiger partial charge in [-0.25, -0.2) is 0 Å². The molecule has 0 bridgehead atoms. The number of fused-ring (bicyclic) bond motifs is 1. The first kappa shape index (κ1) is 29.6. The summed E-state index contributed by atoms with van der Waals surface area (Å²) in [5, 5.41) is 21.9. The maximum Gasteiger partial charge on any atom is 0.243 e. The minimum atomic E-state index is -1.10. The summed E-state index contributed by atoms with van der Waals surface area (Å²) in [6, 6.07) is 3.89. The summed E-state index contributed by atoms with van der Waals surface area (Å²) in [4.78, 5) is 51.4. The van der Waals surface area contributed by atoms with E-state index in [1.165, 1.54) is 6.07 Å². The van der Waals surface area contributed by atoms with Crippen molar-refractivity contribution >= 4 is 34.5 Å². The third kappa shape index (κ3) is 10.9. The van der Waals surface area contributed by atoms with E-state index >= 15 is 0 Å². The third-order valence-electron chi connectivity index (χ3n) is 5.73. The zero-order chi connectivity index (χ0) is 27.0. The van der Waals surface area contributed by atoms with Crippen molar-refractivity contribution in [1.29, 1.82) is 0 Å². The second-order valence-corrected chi connectivity index (χ2v) is 8.82. The molecule has 12 heteroatoms. The summed E-state index contributed by atoms with van der Waals surface area (Å²) in [7, 11) is 0. The van der Waals surface area contributed by atoms with Crippen LogP contribution in [0.2, 0.25) is 0 Å². The SMILES string of the molecule is NCCCNCCC(=O)NCCCCCNC(=O)[C@H](CC(N)=O)NC(=O)Cc1c[nH]c2cccc(O)c12. The molecule has 0 aliphatic carbocycles. The van der Waals surface area contributed by atoms with Gasteiger partial charge in [0.2, 0.25) is 23.6 Å². The molecule has 0 unspecified atom stereocenters. The Morgan fingerprint density at radius 2 is 1.70 bits per heavy atom. The Morgan fingerprint density at radius 3 is 2.43 bits per heavy atom. The topological polar surface area (TPSA) is 204 Å². The van der Waals surface area contributed by atoms with Crippen molar-refractivity contribution in [3.8, 4) is 5.75 Å². The number of H-pyrrole nitrogens is 1. The molecule has 1 aromatic carbocycles. The molecule has 1 atom stereocenters. The fraction of sp³-hybridized carbons (Fsp3) is 0.520. The molecule has 0 fully saturated rings. The number of carbonyl (C=O) groups is 4. The van der Waals surface area contributed by atoms with Crippen LogP contribution in [0.1, 0.15) is 44.1 Å². The molecular weight excluding hydrogens is 478 g/mol. The predicted molar refractivity (Wildman–Crippen MR) is 140 cm³/mol. The van der Waals surface area contributed by atoms with Crippen LogP contribution in [0.15, 0.2) is 24.4 Å². The number of aromatic nitrogens is 1. The maximum atomic E-state index is 12.6. The number of carbonyl (C=O) groups excluding carboxylic acids is 4. The van der Waals surface area contributed by atoms with Crippen LogP contribution in [0.4, 0.5) is 0 Å². The largest absolute Gasteiger partial charge is 0.507 e. The third-order valence-corrected chi connectivity index (χ3v) is 5.73. The van der Waals surface area contributed by atoms with E-state index in [-0.39, 0.29) is 24.5 Å². The second kappa shape index (κ2) is 16.2. The number of benzene rings is 1. The number of hydrogen-bond acceptors (Lipinski definition) is 7. The van der Waals surface area contributed by atoms with Gasteiger partial charge in [0.15, 0.2) is 0 Å². The van der Waals surface area contributed by atoms with Crippen LogP contribution < -0.4 is 32.7 Å². The first-order valence-electron chi connectivity index (χ1n) is 12.6. The maximum absolute atomic E-state index is 12.6. The van der Waals surface area contributed by atoms with E-state index in [0.717, 1.165) is 25.8 Å². The lowest BCUT2D eigenvalue weighted by molar-refractivity contribution is -0.131. The van der Waals surface area contributed by atoms with Gasteiger partial charge < -0.3 is 42.8 Å². The van der Waals surface area contributed by atoms with E-state index in [2.05, 4.69) is 26.3 Å². The summed E-state index contributed by atoms with van der Waals surface area (Å²) in [6.45, 7) is 2.95. The molecule has 0 aliphatic heterocycles. The van der Waals surface area contributed by atoms with Gasteiger partial charge in [-0.05, 0) is 56.5 Å². The number of phenolic OH excluding ortho intramolecular Hbond substituents is 1. The average molecular weight is 518 g/mol. The minimum Gasteiger partial charge on any atom is -0.507 e. The highest BCUT2D eigenvalue weighted by molar-refractivity contribution is 5.95. The average Bonchev–Trinajstić information content (AvgIpc) is 3.26. The fourth-order valence-corrected chi connectivity index (χ4v) is 3.83. The van der Waals surface area contributed by atoms with Crippen LogP contribution in [0.5, 0.6) is 5.75 Å². The highest BCUT2D eigenvalue weighted by Gasteiger charge is 2.23. The van der Waals surface area contributed by atoms with Gasteiger partial charge in [-0.3, -0.25) is 19.2 Å². The number of aromatic amines is 1. The summed E-state index contributed by atoms with van der Waals surface area (Å²) in [5.74, 6) is -1.65. The lowest BCUT2D eigenvalue weighted by Gasteiger charge is -2.17. The molecule has 0 saturated heterocycles. The molecule has 37 heavy (non-hydrogen) atoms. The number of primary amides is 1. The fourth-order valence-electron chi connectivity index (χ4n) is 3.83. The number of nitrogens with one attached hydrogen (secondary N) is 5. The van der Waals surface area contributed by atoms with E-state index < -0.39 is 23.8 Å². The molecule has 10 N–H and O–H groups in total. The monoisotopic (exact) mass is 517 g/mol. The molecule has 0 saturated carbocycles. The number of rotatable bonds is 18. The van der Waals surface area contributed by atoms with Crippen molar-refractivity contribution in [3.05, 3.63) is 30.0 Å². The van der Waals surface area contributed by atoms with Crippen LogP contribution in [0, 0.1) is 0 Å². The molecule has 0 radical (unpaired) electrons. The smallest absolute Gasteiger partial charge is 0.243 e. The highest BCUT2D eigenvalue weighted by Crippen LogP contribution is 2.27. The summed E-state index contributed by atoms with van der Waals surface area (Å²) in [5.41, 5.74) is 11.9. The second-order valence-electron chi connectivity index (χ2n) is 8.82. The quantitative estimate of drug-likeness (QED) is 0.122. The molecule has 2 rings (SSSR count). The van der Waals surface area contributed by atoms with E-state index in [1.807, 2.05) is 0 Å². The number of amides is 4. The van der Waals surface area contributed by atoms with Crippen molar-refractivity contribution in [3.63, 3.8) is 0 Å². The zero-order valence-electron chi connectivity index (χ0n) is 21.1. The normalized spacial score (nSPS) is 11.7. The Hall–Kier alpha value is -3.64. The molecule has 0 aliphatic rings. The predicted octanol–water partition coefficient (Wildman–Crippen LogP) is -0.493. The highest BCUT2D eigenvalue weighted by atomic mass is 16.3. The van der Waals surface area contributed by atoms with Crippen LogP contribution in [-0.4, -0.2) is 72.5 Å². The summed E-state index contributed by atoms with van der Waals surface area (Å²) < 4.78 is 0. The van der Waals surface area contributed by atoms with Gasteiger partial charge in [0.05, 0.1) is 12.8 Å². The molecule has 1 heterocycles. The van der Waals surface area contributed by atoms with Gasteiger partial charge in [0.25, 0.3) is 0 Å². The van der Waals surface area contributed by atoms with Gasteiger partial charge in [0, 0.05) is 43.2 Å². The number of unbranched alkanes of at least 4 members (excludes halogenated alkanes) is 2. The Morgan fingerprint density at radius 1 is 0.946 bits per heavy atom. The van der Waals surface area contributed by atoms with Crippen molar-refractivity contribution in [2.45, 2.75) is 51.0 Å². The number of hydrogen-bond donors (Lipinski definition) is 8. The Bertz CT molecular complexity index is 1040. The first-order chi connectivity index (χ1) is 17.8. The Labute approximate surface area is 216 Å². The van der Waals surface area contributed by atoms with E-state index in [9.17, 15) is 24.3 Å². The Balaban J connectivity index is 1.68. The van der Waals surface area contributed by atoms with Crippen molar-refractivity contribution in [2.75, 3.05) is 32.7 Å². The summed E-state index contributed by atoms with van der Waals surface area (Å²) in [6.07, 6.45) is 4.72. The lowest BCUT2D eigenvalue weighted by atomic mass is 10.1. The van der Waals surface area contributed by atoms with Crippen LogP contribution in [0.3, 0.4) is 0 Å². The van der Waals surface area contributed by atoms with Gasteiger partial charge in [0.1, 0.15) is 11.8 Å². The number of aromatic hydroxyl groups is 1. The molecule has 4 amide bonds. The van der Waals surface area contributed by atoms with E-state index in [0.29, 0.717) is 55.5 Å². The first-order valence-corrected chi connectivity index (χ1v) is 12.6. The van der Waals surface area contributed by atoms with Crippen LogP contribution >= 0.6 is 0 Å². The molecule has 0 spiro atoms. The molecule has 2 aromatic rings. The summed E-state index contributed by atoms with van der Waals surface area (Å²) >= 11 is 0. The molecule has 204 valence electrons. The molecule has 12 nitrogen and oxygen atoms in total. The minimum absolute atomic E-state index is 0.0126. The van der Waals surface area contributed by atoms with Gasteiger partial charge >= 0.3 is 0 Å². The van der Waals surface area contributed by atoms with Gasteiger partial charge in [-0.15, -0.1) is 0 Å². The number of nitrogens with two attached hydrogens (primary N) is 2. The number of phenols is 1. The van der Waals surface area contributed by atoms with Crippen molar-refractivity contribution in [1.82, 2.24) is 26.3 Å². The van der Waals surface area contributed by atoms with Crippen molar-refractivity contribution < 1.29 is 24.3 Å². The van der Waals surface area contributed by atoms with Crippen LogP contribution in [-0.2, 0) is 25.6 Å². The van der Waals surface area contributed by atoms with E-state index in [1.54, 1.807) is 18.3 Å². The van der Waals surface area contributed by atoms with Gasteiger partial charge in [-0.1, -0.05) is 6.07 Å².